The monoisotopic (exact) mass is 360 g/mol. The highest BCUT2D eigenvalue weighted by Gasteiger charge is 2.43. The zero-order valence-corrected chi connectivity index (χ0v) is 14.6. The van der Waals surface area contributed by atoms with Gasteiger partial charge in [-0.15, -0.1) is 24.8 Å². The van der Waals surface area contributed by atoms with Gasteiger partial charge in [0.15, 0.2) is 0 Å². The number of hydrogen-bond acceptors (Lipinski definition) is 4. The number of nitrogens with one attached hydrogen (secondary N) is 2. The first-order chi connectivity index (χ1) is 9.15. The lowest BCUT2D eigenvalue weighted by Gasteiger charge is -2.29. The average molecular weight is 361 g/mol. The van der Waals surface area contributed by atoms with E-state index < -0.39 is 10.2 Å². The fraction of sp³-hybridized carbons (Fsp3) is 1.00. The maximum absolute atomic E-state index is 12.2. The van der Waals surface area contributed by atoms with Crippen LogP contribution >= 0.6 is 24.8 Å². The van der Waals surface area contributed by atoms with Crippen molar-refractivity contribution in [3.05, 3.63) is 0 Å². The van der Waals surface area contributed by atoms with Gasteiger partial charge in [-0.25, -0.2) is 4.72 Å². The normalized spacial score (nSPS) is 29.9. The highest BCUT2D eigenvalue weighted by atomic mass is 35.5. The summed E-state index contributed by atoms with van der Waals surface area (Å²) in [5.74, 6) is 0.606. The van der Waals surface area contributed by atoms with Crippen LogP contribution in [0.1, 0.15) is 19.3 Å². The molecule has 2 bridgehead atoms. The van der Waals surface area contributed by atoms with Crippen molar-refractivity contribution in [3.8, 4) is 0 Å². The number of fused-ring (bicyclic) bond motifs is 2. The summed E-state index contributed by atoms with van der Waals surface area (Å²) in [6, 6.07) is 0.265. The molecule has 3 fully saturated rings. The topological polar surface area (TPSA) is 64.7 Å². The summed E-state index contributed by atoms with van der Waals surface area (Å²) in [5, 5.41) is 3.30. The number of hydrogen-bond donors (Lipinski definition) is 2. The minimum atomic E-state index is -3.25. The van der Waals surface area contributed by atoms with Gasteiger partial charge in [0.25, 0.3) is 10.2 Å². The van der Waals surface area contributed by atoms with E-state index in [4.69, 9.17) is 0 Å². The predicted molar refractivity (Wildman–Crippen MR) is 88.6 cm³/mol. The minimum absolute atomic E-state index is 0. The molecular weight excluding hydrogens is 335 g/mol. The third-order valence-electron chi connectivity index (χ3n) is 4.59. The van der Waals surface area contributed by atoms with Crippen LogP contribution < -0.4 is 10.0 Å². The van der Waals surface area contributed by atoms with Gasteiger partial charge in [0, 0.05) is 51.9 Å². The highest BCUT2D eigenvalue weighted by molar-refractivity contribution is 7.87. The number of rotatable bonds is 5. The van der Waals surface area contributed by atoms with Crippen LogP contribution in [0.3, 0.4) is 0 Å². The van der Waals surface area contributed by atoms with E-state index in [1.807, 2.05) is 0 Å². The van der Waals surface area contributed by atoms with Crippen molar-refractivity contribution in [3.63, 3.8) is 0 Å². The van der Waals surface area contributed by atoms with Gasteiger partial charge < -0.3 is 5.32 Å². The molecule has 21 heavy (non-hydrogen) atoms. The van der Waals surface area contributed by atoms with Gasteiger partial charge >= 0.3 is 0 Å². The Kier molecular flexibility index (Phi) is 7.66. The van der Waals surface area contributed by atoms with E-state index in [1.54, 1.807) is 4.31 Å². The average Bonchev–Trinajstić information content (AvgIpc) is 3.02. The molecule has 0 aromatic rings. The molecule has 2 atom stereocenters. The first kappa shape index (κ1) is 19.4. The van der Waals surface area contributed by atoms with Crippen molar-refractivity contribution in [1.82, 2.24) is 19.2 Å². The first-order valence-electron chi connectivity index (χ1n) is 7.35. The standard InChI is InChI=1S/C12H24N4O2S.2ClH/c17-19(18,16-10-11-1-2-12(16)9-11)14-5-8-15-6-3-13-4-7-15;;/h11-14H,1-10H2;2*1H. The largest absolute Gasteiger partial charge is 0.314 e. The number of halogens is 2. The molecule has 1 saturated carbocycles. The van der Waals surface area contributed by atoms with Gasteiger partial charge in [-0.2, -0.15) is 12.7 Å². The van der Waals surface area contributed by atoms with Crippen LogP contribution in [0.15, 0.2) is 0 Å². The van der Waals surface area contributed by atoms with Gasteiger partial charge in [0.1, 0.15) is 0 Å². The molecule has 3 rings (SSSR count). The molecule has 126 valence electrons. The molecule has 2 saturated heterocycles. The Bertz CT molecular complexity index is 417. The maximum atomic E-state index is 12.2. The van der Waals surface area contributed by atoms with E-state index in [0.29, 0.717) is 12.5 Å². The zero-order chi connectivity index (χ0) is 13.3. The molecule has 2 N–H and O–H groups in total. The van der Waals surface area contributed by atoms with Crippen molar-refractivity contribution >= 4 is 35.0 Å². The molecule has 3 aliphatic rings. The van der Waals surface area contributed by atoms with Crippen molar-refractivity contribution in [2.45, 2.75) is 25.3 Å². The fourth-order valence-electron chi connectivity index (χ4n) is 3.52. The van der Waals surface area contributed by atoms with Crippen LogP contribution in [0.2, 0.25) is 0 Å². The Balaban J connectivity index is 0.00000110. The molecule has 0 aromatic carbocycles. The number of piperazine rings is 1. The molecule has 6 nitrogen and oxygen atoms in total. The van der Waals surface area contributed by atoms with Crippen molar-refractivity contribution in [2.24, 2.45) is 5.92 Å². The minimum Gasteiger partial charge on any atom is -0.314 e. The summed E-state index contributed by atoms with van der Waals surface area (Å²) in [6.45, 7) is 6.09. The van der Waals surface area contributed by atoms with E-state index in [1.165, 1.54) is 6.42 Å². The van der Waals surface area contributed by atoms with E-state index in [-0.39, 0.29) is 30.9 Å². The molecule has 9 heteroatoms. The Morgan fingerprint density at radius 1 is 1.14 bits per heavy atom. The van der Waals surface area contributed by atoms with Crippen LogP contribution in [0.5, 0.6) is 0 Å². The van der Waals surface area contributed by atoms with Gasteiger partial charge in [-0.3, -0.25) is 4.90 Å². The van der Waals surface area contributed by atoms with Crippen molar-refractivity contribution in [1.29, 1.82) is 0 Å². The maximum Gasteiger partial charge on any atom is 0.279 e. The Morgan fingerprint density at radius 2 is 1.86 bits per heavy atom. The summed E-state index contributed by atoms with van der Waals surface area (Å²) in [7, 11) is -3.25. The van der Waals surface area contributed by atoms with Gasteiger partial charge in [-0.05, 0) is 25.2 Å². The molecule has 0 amide bonds. The smallest absolute Gasteiger partial charge is 0.279 e. The van der Waals surface area contributed by atoms with E-state index in [0.717, 1.165) is 52.1 Å². The highest BCUT2D eigenvalue weighted by Crippen LogP contribution is 2.38. The molecule has 2 aliphatic heterocycles. The number of piperidine rings is 1. The zero-order valence-electron chi connectivity index (χ0n) is 12.2. The van der Waals surface area contributed by atoms with Crippen molar-refractivity contribution in [2.75, 3.05) is 45.8 Å². The summed E-state index contributed by atoms with van der Waals surface area (Å²) in [4.78, 5) is 2.30. The van der Waals surface area contributed by atoms with Crippen LogP contribution in [-0.2, 0) is 10.2 Å². The molecule has 2 heterocycles. The molecule has 0 radical (unpaired) electrons. The molecule has 0 spiro atoms. The third-order valence-corrected chi connectivity index (χ3v) is 6.22. The quantitative estimate of drug-likeness (QED) is 0.727. The SMILES string of the molecule is Cl.Cl.O=S(=O)(NCCN1CCNCC1)N1CC2CCC1C2. The lowest BCUT2D eigenvalue weighted by molar-refractivity contribution is 0.244. The van der Waals surface area contributed by atoms with Crippen LogP contribution in [0.25, 0.3) is 0 Å². The Hall–Kier alpha value is 0.370. The number of nitrogens with zero attached hydrogens (tertiary/aromatic N) is 2. The van der Waals surface area contributed by atoms with E-state index in [9.17, 15) is 8.42 Å². The predicted octanol–water partition coefficient (Wildman–Crippen LogP) is 0.0539. The summed E-state index contributed by atoms with van der Waals surface area (Å²) < 4.78 is 29.0. The van der Waals surface area contributed by atoms with Crippen LogP contribution in [0.4, 0.5) is 0 Å². The van der Waals surface area contributed by atoms with Crippen LogP contribution in [0, 0.1) is 5.92 Å². The Morgan fingerprint density at radius 3 is 2.43 bits per heavy atom. The fourth-order valence-corrected chi connectivity index (χ4v) is 5.03. The second-order valence-corrected chi connectivity index (χ2v) is 7.60. The van der Waals surface area contributed by atoms with Gasteiger partial charge in [0.2, 0.25) is 0 Å². The summed E-state index contributed by atoms with van der Waals surface area (Å²) >= 11 is 0. The summed E-state index contributed by atoms with van der Waals surface area (Å²) in [6.07, 6.45) is 3.32. The van der Waals surface area contributed by atoms with Gasteiger partial charge in [0.05, 0.1) is 0 Å². The van der Waals surface area contributed by atoms with Crippen molar-refractivity contribution < 1.29 is 8.42 Å². The first-order valence-corrected chi connectivity index (χ1v) is 8.79. The molecule has 2 unspecified atom stereocenters. The van der Waals surface area contributed by atoms with E-state index >= 15 is 0 Å². The molecule has 1 aliphatic carbocycles. The van der Waals surface area contributed by atoms with Gasteiger partial charge in [-0.1, -0.05) is 0 Å². The molecule has 0 aromatic heterocycles. The lowest BCUT2D eigenvalue weighted by Crippen LogP contribution is -2.49. The third kappa shape index (κ3) is 4.67. The Labute approximate surface area is 140 Å². The lowest BCUT2D eigenvalue weighted by atomic mass is 10.1. The van der Waals surface area contributed by atoms with E-state index in [2.05, 4.69) is 14.9 Å². The molecular formula is C12H26Cl2N4O2S. The van der Waals surface area contributed by atoms with Crippen LogP contribution in [-0.4, -0.2) is 69.5 Å². The second kappa shape index (κ2) is 8.29. The summed E-state index contributed by atoms with van der Waals surface area (Å²) in [5.41, 5.74) is 0. The second-order valence-electron chi connectivity index (χ2n) is 5.89.